The molecule has 2 aromatic rings. The Morgan fingerprint density at radius 1 is 1.21 bits per heavy atom. The summed E-state index contributed by atoms with van der Waals surface area (Å²) in [5.41, 5.74) is 9.28. The fourth-order valence-electron chi connectivity index (χ4n) is 1.86. The lowest BCUT2D eigenvalue weighted by Gasteiger charge is -2.19. The molecule has 0 bridgehead atoms. The molecule has 2 aromatic carbocycles. The van der Waals surface area contributed by atoms with Gasteiger partial charge in [0.1, 0.15) is 0 Å². The quantitative estimate of drug-likeness (QED) is 0.859. The lowest BCUT2D eigenvalue weighted by molar-refractivity contribution is 0.789. The number of halogens is 2. The zero-order valence-electron chi connectivity index (χ0n) is 10.7. The third-order valence-corrected chi connectivity index (χ3v) is 4.19. The van der Waals surface area contributed by atoms with Gasteiger partial charge in [-0.25, -0.2) is 0 Å². The minimum Gasteiger partial charge on any atom is -0.377 e. The average molecular weight is 340 g/mol. The van der Waals surface area contributed by atoms with Crippen LogP contribution in [0.1, 0.15) is 17.2 Å². The molecule has 100 valence electrons. The second-order valence-electron chi connectivity index (χ2n) is 4.47. The van der Waals surface area contributed by atoms with Gasteiger partial charge in [-0.05, 0) is 46.6 Å². The Kier molecular flexibility index (Phi) is 4.86. The van der Waals surface area contributed by atoms with Gasteiger partial charge in [0, 0.05) is 16.7 Å². The van der Waals surface area contributed by atoms with Crippen molar-refractivity contribution in [3.8, 4) is 0 Å². The number of aryl methyl sites for hydroxylation is 1. The SMILES string of the molecule is Cc1ccc(C(CN)Nc2ccc(Cl)c(Br)c2)cc1. The maximum Gasteiger partial charge on any atom is 0.0636 e. The Morgan fingerprint density at radius 3 is 2.47 bits per heavy atom. The fraction of sp³-hybridized carbons (Fsp3) is 0.200. The highest BCUT2D eigenvalue weighted by molar-refractivity contribution is 9.10. The molecule has 0 aliphatic carbocycles. The van der Waals surface area contributed by atoms with Crippen LogP contribution < -0.4 is 11.1 Å². The van der Waals surface area contributed by atoms with Crippen LogP contribution >= 0.6 is 27.5 Å². The van der Waals surface area contributed by atoms with Gasteiger partial charge in [0.15, 0.2) is 0 Å². The lowest BCUT2D eigenvalue weighted by atomic mass is 10.0. The van der Waals surface area contributed by atoms with Crippen LogP contribution in [0.2, 0.25) is 5.02 Å². The third-order valence-electron chi connectivity index (χ3n) is 2.98. The molecule has 0 spiro atoms. The molecule has 0 saturated carbocycles. The molecule has 0 radical (unpaired) electrons. The molecule has 0 amide bonds. The normalized spacial score (nSPS) is 12.2. The van der Waals surface area contributed by atoms with Gasteiger partial charge in [0.05, 0.1) is 11.1 Å². The van der Waals surface area contributed by atoms with Crippen LogP contribution in [0.5, 0.6) is 0 Å². The first-order valence-electron chi connectivity index (χ1n) is 6.08. The summed E-state index contributed by atoms with van der Waals surface area (Å²) in [7, 11) is 0. The van der Waals surface area contributed by atoms with Crippen molar-refractivity contribution in [1.29, 1.82) is 0 Å². The minimum absolute atomic E-state index is 0.0914. The molecule has 0 fully saturated rings. The van der Waals surface area contributed by atoms with E-state index in [9.17, 15) is 0 Å². The molecule has 0 saturated heterocycles. The van der Waals surface area contributed by atoms with E-state index in [-0.39, 0.29) is 6.04 Å². The molecule has 2 rings (SSSR count). The monoisotopic (exact) mass is 338 g/mol. The average Bonchev–Trinajstić information content (AvgIpc) is 2.41. The summed E-state index contributed by atoms with van der Waals surface area (Å²) in [5, 5.41) is 4.12. The van der Waals surface area contributed by atoms with Gasteiger partial charge in [0.25, 0.3) is 0 Å². The smallest absolute Gasteiger partial charge is 0.0636 e. The van der Waals surface area contributed by atoms with E-state index in [0.29, 0.717) is 11.6 Å². The molecule has 1 unspecified atom stereocenters. The highest BCUT2D eigenvalue weighted by Crippen LogP contribution is 2.27. The van der Waals surface area contributed by atoms with Gasteiger partial charge in [-0.15, -0.1) is 0 Å². The minimum atomic E-state index is 0.0914. The number of anilines is 1. The molecular weight excluding hydrogens is 324 g/mol. The van der Waals surface area contributed by atoms with Crippen LogP contribution in [-0.4, -0.2) is 6.54 Å². The van der Waals surface area contributed by atoms with E-state index in [0.717, 1.165) is 10.2 Å². The van der Waals surface area contributed by atoms with Crippen LogP contribution in [0.4, 0.5) is 5.69 Å². The van der Waals surface area contributed by atoms with Crippen molar-refractivity contribution in [2.75, 3.05) is 11.9 Å². The first kappa shape index (κ1) is 14.4. The van der Waals surface area contributed by atoms with E-state index in [1.807, 2.05) is 18.2 Å². The Balaban J connectivity index is 2.18. The fourth-order valence-corrected chi connectivity index (χ4v) is 2.36. The summed E-state index contributed by atoms with van der Waals surface area (Å²) in [5.74, 6) is 0. The summed E-state index contributed by atoms with van der Waals surface area (Å²) in [6.45, 7) is 2.61. The number of nitrogens with one attached hydrogen (secondary N) is 1. The highest BCUT2D eigenvalue weighted by Gasteiger charge is 2.09. The maximum absolute atomic E-state index is 5.99. The summed E-state index contributed by atoms with van der Waals surface area (Å²) < 4.78 is 0.874. The van der Waals surface area contributed by atoms with Crippen molar-refractivity contribution in [2.24, 2.45) is 5.73 Å². The summed E-state index contributed by atoms with van der Waals surface area (Å²) in [6.07, 6.45) is 0. The molecule has 3 N–H and O–H groups in total. The van der Waals surface area contributed by atoms with Crippen LogP contribution in [0.25, 0.3) is 0 Å². The van der Waals surface area contributed by atoms with Crippen molar-refractivity contribution in [3.05, 3.63) is 63.1 Å². The van der Waals surface area contributed by atoms with Crippen molar-refractivity contribution in [1.82, 2.24) is 0 Å². The largest absolute Gasteiger partial charge is 0.377 e. The van der Waals surface area contributed by atoms with E-state index in [1.54, 1.807) is 0 Å². The van der Waals surface area contributed by atoms with Crippen LogP contribution in [0, 0.1) is 6.92 Å². The zero-order chi connectivity index (χ0) is 13.8. The van der Waals surface area contributed by atoms with E-state index >= 15 is 0 Å². The summed E-state index contributed by atoms with van der Waals surface area (Å²) >= 11 is 9.41. The van der Waals surface area contributed by atoms with Crippen LogP contribution in [-0.2, 0) is 0 Å². The lowest BCUT2D eigenvalue weighted by Crippen LogP contribution is -2.20. The maximum atomic E-state index is 5.99. The molecule has 0 aromatic heterocycles. The second kappa shape index (κ2) is 6.42. The second-order valence-corrected chi connectivity index (χ2v) is 5.73. The number of nitrogens with two attached hydrogens (primary N) is 1. The van der Waals surface area contributed by atoms with Gasteiger partial charge in [0.2, 0.25) is 0 Å². The molecule has 0 heterocycles. The van der Waals surface area contributed by atoms with E-state index in [1.165, 1.54) is 11.1 Å². The third kappa shape index (κ3) is 3.72. The topological polar surface area (TPSA) is 38.0 Å². The molecular formula is C15H16BrClN2. The first-order chi connectivity index (χ1) is 9.10. The molecule has 2 nitrogen and oxygen atoms in total. The molecule has 0 aliphatic rings. The van der Waals surface area contributed by atoms with Crippen molar-refractivity contribution < 1.29 is 0 Å². The Hall–Kier alpha value is -1.03. The number of hydrogen-bond donors (Lipinski definition) is 2. The first-order valence-corrected chi connectivity index (χ1v) is 7.25. The predicted molar refractivity (Wildman–Crippen MR) is 85.7 cm³/mol. The number of rotatable bonds is 4. The summed E-state index contributed by atoms with van der Waals surface area (Å²) in [4.78, 5) is 0. The Bertz CT molecular complexity index is 555. The van der Waals surface area contributed by atoms with Gasteiger partial charge >= 0.3 is 0 Å². The predicted octanol–water partition coefficient (Wildman–Crippen LogP) is 4.52. The van der Waals surface area contributed by atoms with Gasteiger partial charge in [-0.2, -0.15) is 0 Å². The van der Waals surface area contributed by atoms with Crippen molar-refractivity contribution in [3.63, 3.8) is 0 Å². The van der Waals surface area contributed by atoms with E-state index in [2.05, 4.69) is 52.4 Å². The highest BCUT2D eigenvalue weighted by atomic mass is 79.9. The summed E-state index contributed by atoms with van der Waals surface area (Å²) in [6, 6.07) is 14.2. The van der Waals surface area contributed by atoms with Crippen LogP contribution in [0.15, 0.2) is 46.9 Å². The Labute approximate surface area is 127 Å². The molecule has 1 atom stereocenters. The van der Waals surface area contributed by atoms with E-state index in [4.69, 9.17) is 17.3 Å². The van der Waals surface area contributed by atoms with Gasteiger partial charge in [-0.1, -0.05) is 41.4 Å². The molecule has 19 heavy (non-hydrogen) atoms. The molecule has 4 heteroatoms. The van der Waals surface area contributed by atoms with Crippen LogP contribution in [0.3, 0.4) is 0 Å². The Morgan fingerprint density at radius 2 is 1.89 bits per heavy atom. The number of benzene rings is 2. The standard InChI is InChI=1S/C15H16BrClN2/c1-10-2-4-11(5-3-10)15(9-18)19-12-6-7-14(17)13(16)8-12/h2-8,15,19H,9,18H2,1H3. The van der Waals surface area contributed by atoms with Gasteiger partial charge in [-0.3, -0.25) is 0 Å². The van der Waals surface area contributed by atoms with Gasteiger partial charge < -0.3 is 11.1 Å². The number of hydrogen-bond acceptors (Lipinski definition) is 2. The van der Waals surface area contributed by atoms with Crippen molar-refractivity contribution >= 4 is 33.2 Å². The zero-order valence-corrected chi connectivity index (χ0v) is 13.0. The molecule has 0 aliphatic heterocycles. The van der Waals surface area contributed by atoms with E-state index < -0.39 is 0 Å². The van der Waals surface area contributed by atoms with Crippen molar-refractivity contribution in [2.45, 2.75) is 13.0 Å².